The molecule has 7 atom stereocenters. The van der Waals surface area contributed by atoms with Crippen molar-refractivity contribution in [2.24, 2.45) is 35.0 Å². The zero-order valence-electron chi connectivity index (χ0n) is 17.7. The van der Waals surface area contributed by atoms with Crippen molar-refractivity contribution in [2.75, 3.05) is 0 Å². The van der Waals surface area contributed by atoms with Crippen LogP contribution < -0.4 is 0 Å². The van der Waals surface area contributed by atoms with Crippen molar-refractivity contribution in [1.82, 2.24) is 0 Å². The van der Waals surface area contributed by atoms with E-state index in [0.29, 0.717) is 11.7 Å². The second-order valence-corrected chi connectivity index (χ2v) is 11.6. The molecule has 0 aliphatic heterocycles. The maximum atomic E-state index is 10.5. The highest BCUT2D eigenvalue weighted by Gasteiger charge is 2.60. The van der Waals surface area contributed by atoms with Crippen LogP contribution in [-0.2, 0) is 0 Å². The van der Waals surface area contributed by atoms with Crippen molar-refractivity contribution in [1.29, 1.82) is 0 Å². The average molecular weight is 379 g/mol. The van der Waals surface area contributed by atoms with E-state index in [9.17, 15) is 5.11 Å². The fourth-order valence-corrected chi connectivity index (χ4v) is 9.23. The molecule has 4 bridgehead atoms. The highest BCUT2D eigenvalue weighted by molar-refractivity contribution is 5.41. The highest BCUT2D eigenvalue weighted by Crippen LogP contribution is 2.69. The van der Waals surface area contributed by atoms with Crippen molar-refractivity contribution in [3.63, 3.8) is 0 Å². The van der Waals surface area contributed by atoms with Crippen LogP contribution >= 0.6 is 0 Å². The number of hydrogen-bond acceptors (Lipinski definition) is 1. The molecule has 1 nitrogen and oxygen atoms in total. The molecule has 5 aliphatic carbocycles. The van der Waals surface area contributed by atoms with Gasteiger partial charge in [-0.2, -0.15) is 0 Å². The molecule has 0 heterocycles. The minimum atomic E-state index is 0.562. The van der Waals surface area contributed by atoms with Gasteiger partial charge in [-0.15, -0.1) is 0 Å². The smallest absolute Gasteiger partial charge is 0.119 e. The molecule has 1 N–H and O–H groups in total. The summed E-state index contributed by atoms with van der Waals surface area (Å²) >= 11 is 0. The van der Waals surface area contributed by atoms with Gasteiger partial charge in [0.05, 0.1) is 0 Å². The molecule has 5 aliphatic rings. The first kappa shape index (κ1) is 17.8. The molecule has 152 valence electrons. The summed E-state index contributed by atoms with van der Waals surface area (Å²) in [5, 5.41) is 10.5. The Morgan fingerprint density at radius 2 is 1.79 bits per heavy atom. The first-order valence-electron chi connectivity index (χ1n) is 12.5. The Morgan fingerprint density at radius 1 is 0.929 bits per heavy atom. The van der Waals surface area contributed by atoms with E-state index in [1.54, 1.807) is 18.4 Å². The van der Waals surface area contributed by atoms with E-state index < -0.39 is 0 Å². The topological polar surface area (TPSA) is 20.2 Å². The van der Waals surface area contributed by atoms with Crippen LogP contribution in [-0.4, -0.2) is 5.11 Å². The maximum Gasteiger partial charge on any atom is 0.119 e. The first-order valence-corrected chi connectivity index (χ1v) is 12.5. The van der Waals surface area contributed by atoms with Crippen LogP contribution in [0.25, 0.3) is 0 Å². The van der Waals surface area contributed by atoms with E-state index in [1.165, 1.54) is 69.8 Å². The minimum absolute atomic E-state index is 0.562. The summed E-state index contributed by atoms with van der Waals surface area (Å²) in [6.07, 6.45) is 17.2. The lowest BCUT2D eigenvalue weighted by atomic mass is 9.61. The molecule has 0 radical (unpaired) electrons. The summed E-state index contributed by atoms with van der Waals surface area (Å²) in [6.45, 7) is 2.58. The Kier molecular flexibility index (Phi) is 4.15. The van der Waals surface area contributed by atoms with Gasteiger partial charge in [0.1, 0.15) is 5.75 Å². The van der Waals surface area contributed by atoms with Crippen LogP contribution in [0.5, 0.6) is 5.75 Å². The van der Waals surface area contributed by atoms with Crippen molar-refractivity contribution < 1.29 is 5.11 Å². The molecule has 0 saturated heterocycles. The van der Waals surface area contributed by atoms with Gasteiger partial charge in [0.25, 0.3) is 0 Å². The molecule has 1 aromatic carbocycles. The fraction of sp³-hybridized carbons (Fsp3) is 0.778. The molecule has 5 saturated carbocycles. The highest BCUT2D eigenvalue weighted by atomic mass is 16.3. The average Bonchev–Trinajstić information content (AvgIpc) is 3.48. The molecule has 0 aromatic heterocycles. The zero-order chi connectivity index (χ0) is 18.9. The number of aromatic hydroxyl groups is 1. The maximum absolute atomic E-state index is 10.5. The summed E-state index contributed by atoms with van der Waals surface area (Å²) in [6, 6.07) is 6.74. The Hall–Kier alpha value is -0.980. The summed E-state index contributed by atoms with van der Waals surface area (Å²) in [4.78, 5) is 0. The van der Waals surface area contributed by atoms with Gasteiger partial charge in [0, 0.05) is 0 Å². The molecule has 7 unspecified atom stereocenters. The molecule has 1 aromatic rings. The Bertz CT molecular complexity index is 747. The van der Waals surface area contributed by atoms with E-state index in [2.05, 4.69) is 19.1 Å². The molecule has 0 amide bonds. The number of phenolic OH excluding ortho intramolecular Hbond substituents is 1. The van der Waals surface area contributed by atoms with Gasteiger partial charge < -0.3 is 5.11 Å². The van der Waals surface area contributed by atoms with Crippen LogP contribution in [0.15, 0.2) is 18.2 Å². The molecule has 5 fully saturated rings. The van der Waals surface area contributed by atoms with Gasteiger partial charge in [-0.25, -0.2) is 0 Å². The lowest BCUT2D eigenvalue weighted by Crippen LogP contribution is -2.36. The fourth-order valence-electron chi connectivity index (χ4n) is 9.23. The molecule has 28 heavy (non-hydrogen) atoms. The predicted octanol–water partition coefficient (Wildman–Crippen LogP) is 7.40. The van der Waals surface area contributed by atoms with E-state index in [-0.39, 0.29) is 0 Å². The predicted molar refractivity (Wildman–Crippen MR) is 115 cm³/mol. The standard InChI is InChI=1S/C27H38O/c1-17-11-18-9-10-27(17,16-18)25-15-21-12-22(25)14-23(21)20-7-8-26(28)24(13-20)19-5-3-2-4-6-19/h7-8,13,17-19,21-23,25,28H,2-6,9-12,14-16H2,1H3. The zero-order valence-corrected chi connectivity index (χ0v) is 17.7. The van der Waals surface area contributed by atoms with Crippen molar-refractivity contribution in [3.05, 3.63) is 29.3 Å². The molecule has 1 heteroatoms. The van der Waals surface area contributed by atoms with Crippen LogP contribution in [0.2, 0.25) is 0 Å². The number of phenols is 1. The van der Waals surface area contributed by atoms with E-state index in [0.717, 1.165) is 40.9 Å². The van der Waals surface area contributed by atoms with Gasteiger partial charge in [-0.05, 0) is 122 Å². The number of hydrogen-bond donors (Lipinski definition) is 1. The SMILES string of the molecule is CC1CC2CCC1(C1CC3CC1CC3c1ccc(O)c(C3CCCCC3)c1)C2. The third kappa shape index (κ3) is 2.56. The lowest BCUT2D eigenvalue weighted by Gasteiger charge is -2.44. The second-order valence-electron chi connectivity index (χ2n) is 11.6. The number of fused-ring (bicyclic) bond motifs is 4. The molecular weight excluding hydrogens is 340 g/mol. The van der Waals surface area contributed by atoms with Gasteiger partial charge in [-0.3, -0.25) is 0 Å². The van der Waals surface area contributed by atoms with Crippen LogP contribution in [0.3, 0.4) is 0 Å². The van der Waals surface area contributed by atoms with Gasteiger partial charge in [0.2, 0.25) is 0 Å². The van der Waals surface area contributed by atoms with Crippen molar-refractivity contribution in [3.8, 4) is 5.75 Å². The summed E-state index contributed by atoms with van der Waals surface area (Å²) in [5.41, 5.74) is 3.57. The molecule has 0 spiro atoms. The number of benzene rings is 1. The first-order chi connectivity index (χ1) is 13.6. The van der Waals surface area contributed by atoms with E-state index in [4.69, 9.17) is 0 Å². The Morgan fingerprint density at radius 3 is 2.46 bits per heavy atom. The Labute approximate surface area is 171 Å². The van der Waals surface area contributed by atoms with Gasteiger partial charge in [0.15, 0.2) is 0 Å². The number of rotatable bonds is 3. The molecule has 6 rings (SSSR count). The normalized spacial score (nSPS) is 45.2. The minimum Gasteiger partial charge on any atom is -0.508 e. The van der Waals surface area contributed by atoms with E-state index >= 15 is 0 Å². The lowest BCUT2D eigenvalue weighted by molar-refractivity contribution is 0.0580. The van der Waals surface area contributed by atoms with Crippen molar-refractivity contribution in [2.45, 2.75) is 95.8 Å². The largest absolute Gasteiger partial charge is 0.508 e. The Balaban J connectivity index is 1.22. The van der Waals surface area contributed by atoms with Crippen LogP contribution in [0.4, 0.5) is 0 Å². The quantitative estimate of drug-likeness (QED) is 0.581. The monoisotopic (exact) mass is 378 g/mol. The summed E-state index contributed by atoms with van der Waals surface area (Å²) < 4.78 is 0. The van der Waals surface area contributed by atoms with E-state index in [1.807, 2.05) is 6.07 Å². The van der Waals surface area contributed by atoms with Gasteiger partial charge >= 0.3 is 0 Å². The second kappa shape index (κ2) is 6.51. The summed E-state index contributed by atoms with van der Waals surface area (Å²) in [5.74, 6) is 6.93. The van der Waals surface area contributed by atoms with Crippen LogP contribution in [0.1, 0.15) is 107 Å². The van der Waals surface area contributed by atoms with Crippen molar-refractivity contribution >= 4 is 0 Å². The third-order valence-electron chi connectivity index (χ3n) is 10.5. The third-order valence-corrected chi connectivity index (χ3v) is 10.5. The van der Waals surface area contributed by atoms with Gasteiger partial charge in [-0.1, -0.05) is 38.3 Å². The molecular formula is C27H38O. The van der Waals surface area contributed by atoms with Crippen LogP contribution in [0, 0.1) is 35.0 Å². The summed E-state index contributed by atoms with van der Waals surface area (Å²) in [7, 11) is 0.